The molecule has 0 saturated carbocycles. The largest absolute Gasteiger partial charge is 0.328 e. The van der Waals surface area contributed by atoms with E-state index >= 15 is 0 Å². The van der Waals surface area contributed by atoms with E-state index in [0.717, 1.165) is 11.1 Å². The summed E-state index contributed by atoms with van der Waals surface area (Å²) in [4.78, 5) is 25.2. The quantitative estimate of drug-likeness (QED) is 0.774. The summed E-state index contributed by atoms with van der Waals surface area (Å²) < 4.78 is 1.36. The van der Waals surface area contributed by atoms with Gasteiger partial charge in [-0.1, -0.05) is 24.3 Å². The first kappa shape index (κ1) is 10.4. The van der Waals surface area contributed by atoms with E-state index in [0.29, 0.717) is 5.56 Å². The maximum atomic E-state index is 11.7. The van der Waals surface area contributed by atoms with Crippen LogP contribution in [0.5, 0.6) is 0 Å². The van der Waals surface area contributed by atoms with Crippen molar-refractivity contribution < 1.29 is 0 Å². The molecule has 0 radical (unpaired) electrons. The molecule has 0 fully saturated rings. The lowest BCUT2D eigenvalue weighted by Crippen LogP contribution is -2.28. The molecular formula is C12H12N2O2. The number of hydrogen-bond acceptors (Lipinski definition) is 2. The molecule has 0 amide bonds. The van der Waals surface area contributed by atoms with Crippen LogP contribution in [0.3, 0.4) is 0 Å². The van der Waals surface area contributed by atoms with Gasteiger partial charge in [0.25, 0.3) is 5.56 Å². The molecule has 82 valence electrons. The summed E-state index contributed by atoms with van der Waals surface area (Å²) in [5.74, 6) is 0. The smallest absolute Gasteiger partial charge is 0.303 e. The van der Waals surface area contributed by atoms with Gasteiger partial charge >= 0.3 is 5.69 Å². The van der Waals surface area contributed by atoms with Crippen molar-refractivity contribution in [3.63, 3.8) is 0 Å². The monoisotopic (exact) mass is 216 g/mol. The summed E-state index contributed by atoms with van der Waals surface area (Å²) in [6.07, 6.45) is 1.56. The molecule has 0 spiro atoms. The second-order valence-electron chi connectivity index (χ2n) is 3.73. The lowest BCUT2D eigenvalue weighted by atomic mass is 10.0. The number of benzene rings is 1. The van der Waals surface area contributed by atoms with E-state index in [-0.39, 0.29) is 5.56 Å². The van der Waals surface area contributed by atoms with E-state index in [4.69, 9.17) is 0 Å². The first-order chi connectivity index (χ1) is 7.59. The molecule has 2 aromatic rings. The van der Waals surface area contributed by atoms with Crippen molar-refractivity contribution in [2.75, 3.05) is 0 Å². The molecule has 1 aromatic carbocycles. The second-order valence-corrected chi connectivity index (χ2v) is 3.73. The van der Waals surface area contributed by atoms with Gasteiger partial charge in [-0.3, -0.25) is 9.78 Å². The SMILES string of the molecule is Cc1ccccc1-c1cn(C)c(=O)[nH]c1=O. The molecule has 0 saturated heterocycles. The average Bonchev–Trinajstić information content (AvgIpc) is 2.25. The van der Waals surface area contributed by atoms with Crippen LogP contribution in [0.4, 0.5) is 0 Å². The number of H-pyrrole nitrogens is 1. The van der Waals surface area contributed by atoms with Crippen molar-refractivity contribution in [1.29, 1.82) is 0 Å². The van der Waals surface area contributed by atoms with Gasteiger partial charge in [0.05, 0.1) is 5.56 Å². The number of aromatic amines is 1. The normalized spacial score (nSPS) is 10.4. The van der Waals surface area contributed by atoms with Gasteiger partial charge in [0.15, 0.2) is 0 Å². The van der Waals surface area contributed by atoms with Crippen LogP contribution in [0.15, 0.2) is 40.1 Å². The highest BCUT2D eigenvalue weighted by molar-refractivity contribution is 5.65. The summed E-state index contributed by atoms with van der Waals surface area (Å²) in [5, 5.41) is 0. The van der Waals surface area contributed by atoms with Crippen LogP contribution in [0.25, 0.3) is 11.1 Å². The van der Waals surface area contributed by atoms with Crippen LogP contribution in [0.2, 0.25) is 0 Å². The lowest BCUT2D eigenvalue weighted by molar-refractivity contribution is 0.802. The Bertz CT molecular complexity index is 638. The minimum Gasteiger partial charge on any atom is -0.303 e. The number of nitrogens with one attached hydrogen (secondary N) is 1. The Labute approximate surface area is 92.2 Å². The standard InChI is InChI=1S/C12H12N2O2/c1-8-5-3-4-6-9(8)10-7-14(2)12(16)13-11(10)15/h3-7H,1-2H3,(H,13,15,16). The van der Waals surface area contributed by atoms with Crippen molar-refractivity contribution in [2.45, 2.75) is 6.92 Å². The third kappa shape index (κ3) is 1.69. The Morgan fingerprint density at radius 2 is 1.81 bits per heavy atom. The summed E-state index contributed by atoms with van der Waals surface area (Å²) in [6.45, 7) is 1.93. The van der Waals surface area contributed by atoms with Crippen LogP contribution in [-0.4, -0.2) is 9.55 Å². The lowest BCUT2D eigenvalue weighted by Gasteiger charge is -2.05. The predicted octanol–water partition coefficient (Wildman–Crippen LogP) is 1.05. The van der Waals surface area contributed by atoms with E-state index in [1.807, 2.05) is 31.2 Å². The Morgan fingerprint density at radius 3 is 2.50 bits per heavy atom. The molecule has 0 unspecified atom stereocenters. The highest BCUT2D eigenvalue weighted by atomic mass is 16.2. The van der Waals surface area contributed by atoms with Gasteiger partial charge in [-0.25, -0.2) is 4.79 Å². The maximum Gasteiger partial charge on any atom is 0.328 e. The number of hydrogen-bond donors (Lipinski definition) is 1. The third-order valence-electron chi connectivity index (χ3n) is 2.54. The van der Waals surface area contributed by atoms with Crippen LogP contribution >= 0.6 is 0 Å². The van der Waals surface area contributed by atoms with Gasteiger partial charge in [0.2, 0.25) is 0 Å². The minimum absolute atomic E-state index is 0.350. The second kappa shape index (κ2) is 3.81. The minimum atomic E-state index is -0.401. The molecule has 0 aliphatic heterocycles. The summed E-state index contributed by atoms with van der Waals surface area (Å²) >= 11 is 0. The van der Waals surface area contributed by atoms with E-state index in [2.05, 4.69) is 4.98 Å². The van der Waals surface area contributed by atoms with Gasteiger partial charge in [-0.05, 0) is 18.1 Å². The van der Waals surface area contributed by atoms with E-state index in [9.17, 15) is 9.59 Å². The molecule has 0 aliphatic rings. The summed E-state index contributed by atoms with van der Waals surface area (Å²) in [7, 11) is 1.61. The Hall–Kier alpha value is -2.10. The predicted molar refractivity (Wildman–Crippen MR) is 62.5 cm³/mol. The number of aryl methyl sites for hydroxylation is 2. The van der Waals surface area contributed by atoms with Crippen molar-refractivity contribution >= 4 is 0 Å². The fraction of sp³-hybridized carbons (Fsp3) is 0.167. The van der Waals surface area contributed by atoms with Crippen LogP contribution in [0, 0.1) is 6.92 Å². The molecule has 16 heavy (non-hydrogen) atoms. The molecule has 4 nitrogen and oxygen atoms in total. The molecule has 4 heteroatoms. The highest BCUT2D eigenvalue weighted by Crippen LogP contribution is 2.18. The summed E-state index contributed by atoms with van der Waals surface area (Å²) in [6, 6.07) is 7.58. The molecule has 1 heterocycles. The molecule has 0 atom stereocenters. The van der Waals surface area contributed by atoms with E-state index in [1.54, 1.807) is 13.2 Å². The van der Waals surface area contributed by atoms with Crippen LogP contribution in [0.1, 0.15) is 5.56 Å². The third-order valence-corrected chi connectivity index (χ3v) is 2.54. The molecule has 0 bridgehead atoms. The van der Waals surface area contributed by atoms with Crippen LogP contribution < -0.4 is 11.2 Å². The Balaban J connectivity index is 2.75. The first-order valence-corrected chi connectivity index (χ1v) is 4.95. The molecular weight excluding hydrogens is 204 g/mol. The van der Waals surface area contributed by atoms with Gasteiger partial charge in [0, 0.05) is 13.2 Å². The van der Waals surface area contributed by atoms with E-state index in [1.165, 1.54) is 4.57 Å². The first-order valence-electron chi connectivity index (χ1n) is 4.95. The van der Waals surface area contributed by atoms with Gasteiger partial charge < -0.3 is 4.57 Å². The molecule has 1 aromatic heterocycles. The molecule has 1 N–H and O–H groups in total. The zero-order valence-electron chi connectivity index (χ0n) is 9.15. The number of rotatable bonds is 1. The van der Waals surface area contributed by atoms with E-state index < -0.39 is 5.69 Å². The van der Waals surface area contributed by atoms with Gasteiger partial charge in [-0.2, -0.15) is 0 Å². The zero-order valence-corrected chi connectivity index (χ0v) is 9.15. The Kier molecular flexibility index (Phi) is 2.48. The van der Waals surface area contributed by atoms with Crippen molar-refractivity contribution in [3.05, 3.63) is 56.9 Å². The van der Waals surface area contributed by atoms with Crippen LogP contribution in [-0.2, 0) is 7.05 Å². The summed E-state index contributed by atoms with van der Waals surface area (Å²) in [5.41, 5.74) is 1.62. The van der Waals surface area contributed by atoms with Crippen molar-refractivity contribution in [3.8, 4) is 11.1 Å². The Morgan fingerprint density at radius 1 is 1.12 bits per heavy atom. The fourth-order valence-corrected chi connectivity index (χ4v) is 1.63. The van der Waals surface area contributed by atoms with Crippen molar-refractivity contribution in [2.24, 2.45) is 7.05 Å². The van der Waals surface area contributed by atoms with Gasteiger partial charge in [0.1, 0.15) is 0 Å². The fourth-order valence-electron chi connectivity index (χ4n) is 1.63. The highest BCUT2D eigenvalue weighted by Gasteiger charge is 2.07. The number of nitrogens with zero attached hydrogens (tertiary/aromatic N) is 1. The number of aromatic nitrogens is 2. The zero-order chi connectivity index (χ0) is 11.7. The van der Waals surface area contributed by atoms with Gasteiger partial charge in [-0.15, -0.1) is 0 Å². The average molecular weight is 216 g/mol. The van der Waals surface area contributed by atoms with Crippen molar-refractivity contribution in [1.82, 2.24) is 9.55 Å². The molecule has 0 aliphatic carbocycles. The maximum absolute atomic E-state index is 11.7. The molecule has 2 rings (SSSR count). The topological polar surface area (TPSA) is 54.9 Å².